The fraction of sp³-hybridized carbons (Fsp3) is 0.600. The second-order valence-electron chi connectivity index (χ2n) is 4.10. The first kappa shape index (κ1) is 12.4. The Kier molecular flexibility index (Phi) is 3.68. The van der Waals surface area contributed by atoms with Crippen LogP contribution in [-0.4, -0.2) is 38.0 Å². The zero-order valence-corrected chi connectivity index (χ0v) is 11.2. The van der Waals surface area contributed by atoms with Crippen molar-refractivity contribution in [1.29, 1.82) is 0 Å². The summed E-state index contributed by atoms with van der Waals surface area (Å²) in [6, 6.07) is -0.118. The van der Waals surface area contributed by atoms with E-state index in [1.165, 1.54) is 0 Å². The Balaban J connectivity index is 2.23. The van der Waals surface area contributed by atoms with Gasteiger partial charge in [-0.2, -0.15) is 0 Å². The lowest BCUT2D eigenvalue weighted by molar-refractivity contribution is 0.0685. The lowest BCUT2D eigenvalue weighted by Crippen LogP contribution is -2.49. The Morgan fingerprint density at radius 3 is 2.94 bits per heavy atom. The van der Waals surface area contributed by atoms with Gasteiger partial charge in [-0.15, -0.1) is 5.10 Å². The Hall–Kier alpha value is -1.08. The van der Waals surface area contributed by atoms with Crippen molar-refractivity contribution in [2.24, 2.45) is 5.73 Å². The monoisotopic (exact) mass is 270 g/mol. The molecule has 1 amide bonds. The number of rotatable bonds is 2. The van der Waals surface area contributed by atoms with Crippen LogP contribution in [0.25, 0.3) is 0 Å². The summed E-state index contributed by atoms with van der Waals surface area (Å²) < 4.78 is 3.79. The number of thiocarbonyl (C=S) groups is 1. The Labute approximate surface area is 109 Å². The van der Waals surface area contributed by atoms with Gasteiger partial charge in [0, 0.05) is 6.54 Å². The van der Waals surface area contributed by atoms with E-state index < -0.39 is 0 Å². The Bertz CT molecular complexity index is 445. The van der Waals surface area contributed by atoms with Gasteiger partial charge >= 0.3 is 0 Å². The molecular formula is C10H14N4OS2. The normalized spacial score (nSPS) is 20.3. The van der Waals surface area contributed by atoms with Crippen LogP contribution in [0, 0.1) is 6.92 Å². The van der Waals surface area contributed by atoms with E-state index in [1.54, 1.807) is 11.8 Å². The fourth-order valence-corrected chi connectivity index (χ4v) is 2.89. The number of carbonyl (C=O) groups is 1. The molecule has 0 radical (unpaired) electrons. The zero-order valence-electron chi connectivity index (χ0n) is 9.55. The molecule has 7 heteroatoms. The summed E-state index contributed by atoms with van der Waals surface area (Å²) in [5.41, 5.74) is 6.37. The zero-order chi connectivity index (χ0) is 12.4. The lowest BCUT2D eigenvalue weighted by atomic mass is 10.0. The molecule has 1 aromatic heterocycles. The maximum atomic E-state index is 12.3. The van der Waals surface area contributed by atoms with Crippen LogP contribution in [0.4, 0.5) is 0 Å². The number of piperidine rings is 1. The van der Waals surface area contributed by atoms with Gasteiger partial charge in [-0.3, -0.25) is 4.79 Å². The molecule has 1 unspecified atom stereocenters. The highest BCUT2D eigenvalue weighted by molar-refractivity contribution is 7.80. The van der Waals surface area contributed by atoms with Crippen LogP contribution >= 0.6 is 23.8 Å². The van der Waals surface area contributed by atoms with Gasteiger partial charge in [-0.1, -0.05) is 16.7 Å². The van der Waals surface area contributed by atoms with Gasteiger partial charge in [0.05, 0.1) is 16.7 Å². The molecule has 5 nitrogen and oxygen atoms in total. The first-order chi connectivity index (χ1) is 8.11. The number of likely N-dealkylation sites (tertiary alicyclic amines) is 1. The fourth-order valence-electron chi connectivity index (χ4n) is 2.03. The maximum Gasteiger partial charge on any atom is 0.268 e. The number of hydrogen-bond donors (Lipinski definition) is 1. The van der Waals surface area contributed by atoms with Gasteiger partial charge in [0.15, 0.2) is 0 Å². The number of carbonyl (C=O) groups excluding carboxylic acids is 1. The number of nitrogens with zero attached hydrogens (tertiary/aromatic N) is 3. The van der Waals surface area contributed by atoms with Crippen LogP contribution in [0.15, 0.2) is 0 Å². The largest absolute Gasteiger partial charge is 0.392 e. The van der Waals surface area contributed by atoms with E-state index in [1.807, 2.05) is 0 Å². The molecule has 1 aliphatic rings. The van der Waals surface area contributed by atoms with Crippen LogP contribution in [0.2, 0.25) is 0 Å². The SMILES string of the molecule is Cc1nnsc1C(=O)N1CCCCC1C(N)=S. The quantitative estimate of drug-likeness (QED) is 0.816. The summed E-state index contributed by atoms with van der Waals surface area (Å²) in [5, 5.41) is 3.86. The summed E-state index contributed by atoms with van der Waals surface area (Å²) in [7, 11) is 0. The van der Waals surface area contributed by atoms with Crippen LogP contribution in [-0.2, 0) is 0 Å². The van der Waals surface area contributed by atoms with E-state index in [9.17, 15) is 4.79 Å². The molecule has 17 heavy (non-hydrogen) atoms. The van der Waals surface area contributed by atoms with Crippen molar-refractivity contribution in [1.82, 2.24) is 14.5 Å². The summed E-state index contributed by atoms with van der Waals surface area (Å²) in [4.78, 5) is 15.1. The predicted octanol–water partition coefficient (Wildman–Crippen LogP) is 1.13. The minimum Gasteiger partial charge on any atom is -0.392 e. The second-order valence-corrected chi connectivity index (χ2v) is 5.33. The molecule has 0 aromatic carbocycles. The van der Waals surface area contributed by atoms with Crippen molar-refractivity contribution in [3.8, 4) is 0 Å². The van der Waals surface area contributed by atoms with E-state index in [0.29, 0.717) is 22.1 Å². The third-order valence-electron chi connectivity index (χ3n) is 2.94. The molecule has 1 saturated heterocycles. The van der Waals surface area contributed by atoms with Gasteiger partial charge in [0.1, 0.15) is 4.88 Å². The molecule has 0 aliphatic carbocycles. The van der Waals surface area contributed by atoms with Crippen LogP contribution in [0.1, 0.15) is 34.6 Å². The number of hydrogen-bond acceptors (Lipinski definition) is 5. The molecule has 1 aromatic rings. The Morgan fingerprint density at radius 1 is 1.59 bits per heavy atom. The molecule has 1 atom stereocenters. The standard InChI is InChI=1S/C10H14N4OS2/c1-6-8(17-13-12-6)10(15)14-5-3-2-4-7(14)9(11)16/h7H,2-5H2,1H3,(H2,11,16). The van der Waals surface area contributed by atoms with Gasteiger partial charge in [-0.05, 0) is 37.7 Å². The number of nitrogens with two attached hydrogens (primary N) is 1. The highest BCUT2D eigenvalue weighted by Crippen LogP contribution is 2.22. The molecule has 1 fully saturated rings. The summed E-state index contributed by atoms with van der Waals surface area (Å²) in [6.07, 6.45) is 2.91. The highest BCUT2D eigenvalue weighted by atomic mass is 32.1. The van der Waals surface area contributed by atoms with E-state index in [4.69, 9.17) is 18.0 Å². The molecular weight excluding hydrogens is 256 g/mol. The van der Waals surface area contributed by atoms with E-state index in [2.05, 4.69) is 9.59 Å². The van der Waals surface area contributed by atoms with Gasteiger partial charge in [0.2, 0.25) is 0 Å². The molecule has 0 saturated carbocycles. The average molecular weight is 270 g/mol. The number of amides is 1. The van der Waals surface area contributed by atoms with Crippen molar-refractivity contribution in [3.05, 3.63) is 10.6 Å². The van der Waals surface area contributed by atoms with Crippen molar-refractivity contribution >= 4 is 34.6 Å². The summed E-state index contributed by atoms with van der Waals surface area (Å²) >= 11 is 6.16. The molecule has 2 N–H and O–H groups in total. The molecule has 92 valence electrons. The summed E-state index contributed by atoms with van der Waals surface area (Å²) in [6.45, 7) is 2.49. The highest BCUT2D eigenvalue weighted by Gasteiger charge is 2.31. The lowest BCUT2D eigenvalue weighted by Gasteiger charge is -2.34. The smallest absolute Gasteiger partial charge is 0.268 e. The number of aryl methyl sites for hydroxylation is 1. The van der Waals surface area contributed by atoms with Crippen molar-refractivity contribution in [3.63, 3.8) is 0 Å². The number of aromatic nitrogens is 2. The third-order valence-corrected chi connectivity index (χ3v) is 4.03. The molecule has 0 bridgehead atoms. The second kappa shape index (κ2) is 5.05. The van der Waals surface area contributed by atoms with Gasteiger partial charge in [0.25, 0.3) is 5.91 Å². The van der Waals surface area contributed by atoms with Gasteiger partial charge < -0.3 is 10.6 Å². The van der Waals surface area contributed by atoms with Crippen molar-refractivity contribution < 1.29 is 4.79 Å². The first-order valence-electron chi connectivity index (χ1n) is 5.50. The molecule has 0 spiro atoms. The molecule has 2 rings (SSSR count). The van der Waals surface area contributed by atoms with Gasteiger partial charge in [-0.25, -0.2) is 0 Å². The topological polar surface area (TPSA) is 72.1 Å². The molecule has 2 heterocycles. The third kappa shape index (κ3) is 2.44. The first-order valence-corrected chi connectivity index (χ1v) is 6.68. The average Bonchev–Trinajstić information content (AvgIpc) is 2.74. The van der Waals surface area contributed by atoms with E-state index >= 15 is 0 Å². The Morgan fingerprint density at radius 2 is 2.35 bits per heavy atom. The minimum atomic E-state index is -0.118. The van der Waals surface area contributed by atoms with E-state index in [0.717, 1.165) is 30.8 Å². The maximum absolute atomic E-state index is 12.3. The predicted molar refractivity (Wildman–Crippen MR) is 70.1 cm³/mol. The van der Waals surface area contributed by atoms with Crippen LogP contribution in [0.3, 0.4) is 0 Å². The van der Waals surface area contributed by atoms with E-state index in [-0.39, 0.29) is 11.9 Å². The molecule has 1 aliphatic heterocycles. The minimum absolute atomic E-state index is 0.0463. The van der Waals surface area contributed by atoms with Crippen molar-refractivity contribution in [2.45, 2.75) is 32.2 Å². The van der Waals surface area contributed by atoms with Crippen LogP contribution in [0.5, 0.6) is 0 Å². The summed E-state index contributed by atoms with van der Waals surface area (Å²) in [5.74, 6) is -0.0463. The van der Waals surface area contributed by atoms with Crippen molar-refractivity contribution in [2.75, 3.05) is 6.54 Å². The van der Waals surface area contributed by atoms with Crippen LogP contribution < -0.4 is 5.73 Å².